The van der Waals surface area contributed by atoms with Crippen LogP contribution in [0.1, 0.15) is 30.1 Å². The van der Waals surface area contributed by atoms with Gasteiger partial charge in [-0.15, -0.1) is 0 Å². The number of anilines is 1. The minimum atomic E-state index is -0.435. The first-order chi connectivity index (χ1) is 12.0. The van der Waals surface area contributed by atoms with Gasteiger partial charge in [-0.2, -0.15) is 0 Å². The van der Waals surface area contributed by atoms with E-state index in [-0.39, 0.29) is 17.1 Å². The molecule has 1 unspecified atom stereocenters. The number of amides is 1. The van der Waals surface area contributed by atoms with Crippen molar-refractivity contribution in [2.24, 2.45) is 5.41 Å². The van der Waals surface area contributed by atoms with Gasteiger partial charge in [0.2, 0.25) is 0 Å². The predicted molar refractivity (Wildman–Crippen MR) is 94.3 cm³/mol. The van der Waals surface area contributed by atoms with Crippen molar-refractivity contribution in [1.29, 1.82) is 0 Å². The standard InChI is InChI=1S/C19H26FN3O2/c1-2-21-7-9-22(10-8-21)16-4-3-14(11-15(16)20)18(25)23-12-17(24)19(13-23)5-6-19/h3-4,11,17,24H,2,5-10,12-13H2,1H3. The van der Waals surface area contributed by atoms with Crippen LogP contribution in [0.5, 0.6) is 0 Å². The van der Waals surface area contributed by atoms with Crippen molar-refractivity contribution in [2.75, 3.05) is 50.7 Å². The summed E-state index contributed by atoms with van der Waals surface area (Å²) in [5, 5.41) is 10.1. The number of hydrogen-bond donors (Lipinski definition) is 1. The number of carbonyl (C=O) groups is 1. The summed E-state index contributed by atoms with van der Waals surface area (Å²) in [6, 6.07) is 4.80. The van der Waals surface area contributed by atoms with Gasteiger partial charge in [0, 0.05) is 50.2 Å². The average molecular weight is 347 g/mol. The molecule has 2 saturated heterocycles. The van der Waals surface area contributed by atoms with Gasteiger partial charge in [0.1, 0.15) is 5.82 Å². The van der Waals surface area contributed by atoms with Crippen LogP contribution in [-0.2, 0) is 0 Å². The van der Waals surface area contributed by atoms with Crippen LogP contribution in [0.2, 0.25) is 0 Å². The van der Waals surface area contributed by atoms with Crippen molar-refractivity contribution in [3.05, 3.63) is 29.6 Å². The van der Waals surface area contributed by atoms with Crippen LogP contribution in [-0.4, -0.2) is 72.7 Å². The van der Waals surface area contributed by atoms with Crippen molar-refractivity contribution in [3.8, 4) is 0 Å². The van der Waals surface area contributed by atoms with E-state index < -0.39 is 6.10 Å². The molecule has 1 spiro atoms. The van der Waals surface area contributed by atoms with E-state index >= 15 is 0 Å². The number of β-amino-alcohol motifs (C(OH)–C–C–N with tert-alkyl or cyclic N) is 1. The van der Waals surface area contributed by atoms with E-state index in [1.54, 1.807) is 17.0 Å². The Balaban J connectivity index is 1.46. The minimum Gasteiger partial charge on any atom is -0.391 e. The second-order valence-corrected chi connectivity index (χ2v) is 7.65. The minimum absolute atomic E-state index is 0.0763. The summed E-state index contributed by atoms with van der Waals surface area (Å²) in [6.45, 7) is 7.59. The molecule has 25 heavy (non-hydrogen) atoms. The number of halogens is 1. The zero-order chi connectivity index (χ0) is 17.6. The summed E-state index contributed by atoms with van der Waals surface area (Å²) in [4.78, 5) is 18.7. The number of nitrogens with zero attached hydrogens (tertiary/aromatic N) is 3. The molecule has 6 heteroatoms. The highest BCUT2D eigenvalue weighted by molar-refractivity contribution is 5.95. The van der Waals surface area contributed by atoms with Gasteiger partial charge in [-0.3, -0.25) is 4.79 Å². The lowest BCUT2D eigenvalue weighted by atomic mass is 10.0. The molecular formula is C19H26FN3O2. The highest BCUT2D eigenvalue weighted by atomic mass is 19.1. The van der Waals surface area contributed by atoms with Crippen LogP contribution in [0.4, 0.5) is 10.1 Å². The molecule has 1 aliphatic carbocycles. The monoisotopic (exact) mass is 347 g/mol. The van der Waals surface area contributed by atoms with Gasteiger partial charge in [0.05, 0.1) is 11.8 Å². The Labute approximate surface area is 148 Å². The van der Waals surface area contributed by atoms with E-state index in [2.05, 4.69) is 16.7 Å². The summed E-state index contributed by atoms with van der Waals surface area (Å²) in [7, 11) is 0. The third-order valence-electron chi connectivity index (χ3n) is 6.14. The van der Waals surface area contributed by atoms with Crippen LogP contribution >= 0.6 is 0 Å². The number of hydrogen-bond acceptors (Lipinski definition) is 4. The second-order valence-electron chi connectivity index (χ2n) is 7.65. The molecule has 1 amide bonds. The lowest BCUT2D eigenvalue weighted by Gasteiger charge is -2.35. The second kappa shape index (κ2) is 6.25. The number of rotatable bonds is 3. The molecule has 1 aromatic carbocycles. The fraction of sp³-hybridized carbons (Fsp3) is 0.632. The summed E-state index contributed by atoms with van der Waals surface area (Å²) in [6.07, 6.45) is 1.53. The maximum Gasteiger partial charge on any atom is 0.254 e. The molecule has 1 aromatic rings. The van der Waals surface area contributed by atoms with Crippen molar-refractivity contribution in [1.82, 2.24) is 9.80 Å². The molecule has 3 aliphatic rings. The predicted octanol–water partition coefficient (Wildman–Crippen LogP) is 1.56. The van der Waals surface area contributed by atoms with E-state index in [4.69, 9.17) is 0 Å². The molecule has 1 atom stereocenters. The van der Waals surface area contributed by atoms with Gasteiger partial charge in [-0.25, -0.2) is 4.39 Å². The Morgan fingerprint density at radius 1 is 1.28 bits per heavy atom. The third-order valence-corrected chi connectivity index (χ3v) is 6.14. The number of likely N-dealkylation sites (tertiary alicyclic amines) is 1. The fourth-order valence-electron chi connectivity index (χ4n) is 4.14. The van der Waals surface area contributed by atoms with Crippen molar-refractivity contribution < 1.29 is 14.3 Å². The Bertz CT molecular complexity index is 669. The number of aliphatic hydroxyl groups is 1. The molecular weight excluding hydrogens is 321 g/mol. The van der Waals surface area contributed by atoms with Crippen molar-refractivity contribution in [2.45, 2.75) is 25.9 Å². The van der Waals surface area contributed by atoms with E-state index in [0.717, 1.165) is 45.6 Å². The Morgan fingerprint density at radius 2 is 2.00 bits per heavy atom. The number of carbonyl (C=O) groups excluding carboxylic acids is 1. The van der Waals surface area contributed by atoms with Crippen LogP contribution in [0, 0.1) is 11.2 Å². The van der Waals surface area contributed by atoms with Gasteiger partial charge in [-0.1, -0.05) is 6.92 Å². The van der Waals surface area contributed by atoms with E-state index in [1.165, 1.54) is 6.07 Å². The molecule has 0 radical (unpaired) electrons. The summed E-state index contributed by atoms with van der Waals surface area (Å²) >= 11 is 0. The highest BCUT2D eigenvalue weighted by Gasteiger charge is 2.55. The summed E-state index contributed by atoms with van der Waals surface area (Å²) in [5.41, 5.74) is 0.873. The molecule has 5 nitrogen and oxygen atoms in total. The molecule has 2 heterocycles. The Morgan fingerprint density at radius 3 is 2.56 bits per heavy atom. The fourth-order valence-corrected chi connectivity index (χ4v) is 4.14. The van der Waals surface area contributed by atoms with Crippen LogP contribution < -0.4 is 4.90 Å². The lowest BCUT2D eigenvalue weighted by Crippen LogP contribution is -2.46. The molecule has 1 saturated carbocycles. The number of piperazine rings is 1. The smallest absolute Gasteiger partial charge is 0.254 e. The van der Waals surface area contributed by atoms with E-state index in [1.807, 2.05) is 0 Å². The molecule has 2 aliphatic heterocycles. The Kier molecular flexibility index (Phi) is 4.20. The molecule has 3 fully saturated rings. The van der Waals surface area contributed by atoms with E-state index in [0.29, 0.717) is 24.3 Å². The van der Waals surface area contributed by atoms with Crippen molar-refractivity contribution in [3.63, 3.8) is 0 Å². The largest absolute Gasteiger partial charge is 0.391 e. The van der Waals surface area contributed by atoms with Gasteiger partial charge in [-0.05, 0) is 37.6 Å². The molecule has 136 valence electrons. The topological polar surface area (TPSA) is 47.0 Å². The lowest BCUT2D eigenvalue weighted by molar-refractivity contribution is 0.0764. The van der Waals surface area contributed by atoms with Crippen molar-refractivity contribution >= 4 is 11.6 Å². The molecule has 4 rings (SSSR count). The number of benzene rings is 1. The zero-order valence-electron chi connectivity index (χ0n) is 14.7. The third kappa shape index (κ3) is 3.02. The summed E-state index contributed by atoms with van der Waals surface area (Å²) in [5.74, 6) is -0.513. The van der Waals surface area contributed by atoms with Gasteiger partial charge in [0.15, 0.2) is 0 Å². The Hall–Kier alpha value is -1.66. The first-order valence-electron chi connectivity index (χ1n) is 9.26. The van der Waals surface area contributed by atoms with Gasteiger partial charge < -0.3 is 19.8 Å². The molecule has 0 bridgehead atoms. The van der Waals surface area contributed by atoms with Gasteiger partial charge >= 0.3 is 0 Å². The normalized spacial score (nSPS) is 25.6. The maximum absolute atomic E-state index is 14.6. The summed E-state index contributed by atoms with van der Waals surface area (Å²) < 4.78 is 14.6. The molecule has 0 aromatic heterocycles. The van der Waals surface area contributed by atoms with Gasteiger partial charge in [0.25, 0.3) is 5.91 Å². The number of aliphatic hydroxyl groups excluding tert-OH is 1. The average Bonchev–Trinajstić information content (AvgIpc) is 3.33. The quantitative estimate of drug-likeness (QED) is 0.902. The SMILES string of the molecule is CCN1CCN(c2ccc(C(=O)N3CC(O)C4(CC4)C3)cc2F)CC1. The highest BCUT2D eigenvalue weighted by Crippen LogP contribution is 2.52. The maximum atomic E-state index is 14.6. The van der Waals surface area contributed by atoms with Crippen LogP contribution in [0.25, 0.3) is 0 Å². The van der Waals surface area contributed by atoms with E-state index in [9.17, 15) is 14.3 Å². The first kappa shape index (κ1) is 16.8. The first-order valence-corrected chi connectivity index (χ1v) is 9.26. The zero-order valence-corrected chi connectivity index (χ0v) is 14.7. The van der Waals surface area contributed by atoms with Crippen LogP contribution in [0.15, 0.2) is 18.2 Å². The number of likely N-dealkylation sites (N-methyl/N-ethyl adjacent to an activating group) is 1. The van der Waals surface area contributed by atoms with Crippen LogP contribution in [0.3, 0.4) is 0 Å². The molecule has 1 N–H and O–H groups in total.